The smallest absolute Gasteiger partial charge is 0.255 e. The summed E-state index contributed by atoms with van der Waals surface area (Å²) in [6.45, 7) is 19.4. The van der Waals surface area contributed by atoms with E-state index in [1.165, 1.54) is 16.0 Å². The standard InChI is InChI=1S/C66H88N10O8/c1-12-68-39(4)57(77)73-55(65(5,6)7)63(83)75-36-45-33-46(32-31-44(45)34-52(75)60(80)71-50-25-17-21-40-19-13-15-23-48(40)50)69-58(78)42-27-29-43(30-28-42)59(79)70-47-35-53(61(81)72-51-26-18-22-41-20-14-16-24-49(41)51)76(37-47)64(84)56(66(8,9)10)74-62(82)54(67-11)38(2)3/h13-16,19-20,23-24,27-33,38-39,47,50-56,67-68H,12,17-18,21-22,25-26,34-37H2,1-11H3,(H,69,78)(H,70,79)(H,71,80)(H,72,81)(H,73,77)(H,74,82)/t39-,47?,50+,51?,52?,53?,54-,55+,56+/m0/s1. The van der Waals surface area contributed by atoms with Gasteiger partial charge in [-0.1, -0.05) is 117 Å². The second kappa shape index (κ2) is 26.6. The summed E-state index contributed by atoms with van der Waals surface area (Å²) in [5.74, 6) is -3.06. The van der Waals surface area contributed by atoms with Crippen LogP contribution in [0.15, 0.2) is 91.0 Å². The van der Waals surface area contributed by atoms with Gasteiger partial charge in [0.15, 0.2) is 0 Å². The number of carbonyl (C=O) groups excluding carboxylic acids is 8. The molecule has 18 nitrogen and oxygen atoms in total. The Bertz CT molecular complexity index is 3090. The lowest BCUT2D eigenvalue weighted by Gasteiger charge is -2.42. The van der Waals surface area contributed by atoms with Gasteiger partial charge in [-0.15, -0.1) is 0 Å². The van der Waals surface area contributed by atoms with Gasteiger partial charge in [-0.05, 0) is 152 Å². The molecule has 9 atom stereocenters. The molecule has 4 aromatic carbocycles. The number of fused-ring (bicyclic) bond motifs is 3. The number of amides is 8. The molecule has 4 aromatic rings. The Kier molecular flexibility index (Phi) is 19.9. The van der Waals surface area contributed by atoms with E-state index in [9.17, 15) is 38.4 Å². The zero-order valence-electron chi connectivity index (χ0n) is 50.9. The van der Waals surface area contributed by atoms with E-state index < -0.39 is 76.8 Å². The molecule has 0 saturated carbocycles. The summed E-state index contributed by atoms with van der Waals surface area (Å²) >= 11 is 0. The highest BCUT2D eigenvalue weighted by Gasteiger charge is 2.47. The Morgan fingerprint density at radius 1 is 0.595 bits per heavy atom. The predicted octanol–water partition coefficient (Wildman–Crippen LogP) is 6.58. The fraction of sp³-hybridized carbons (Fsp3) is 0.515. The SMILES string of the molecule is CCN[C@@H](C)C(=O)N[C@H](C(=O)N1Cc2cc(NC(=O)c3ccc(C(=O)NC4CC(C(=O)NC5CCCc6ccccc65)N(C(=O)[C@@H](NC(=O)[C@@H](NC)C(C)C)C(C)(C)C)C4)cc3)ccc2CC1C(=O)N[C@@H]1CCCc2ccccc21)C(C)(C)C. The van der Waals surface area contributed by atoms with Crippen molar-refractivity contribution in [3.8, 4) is 0 Å². The maximum absolute atomic E-state index is 15.0. The summed E-state index contributed by atoms with van der Waals surface area (Å²) < 4.78 is 0. The third-order valence-corrected chi connectivity index (χ3v) is 17.1. The molecular formula is C66H88N10O8. The third-order valence-electron chi connectivity index (χ3n) is 17.1. The zero-order valence-corrected chi connectivity index (χ0v) is 50.9. The molecule has 0 radical (unpaired) electrons. The second-order valence-electron chi connectivity index (χ2n) is 25.8. The Morgan fingerprint density at radius 3 is 1.65 bits per heavy atom. The van der Waals surface area contributed by atoms with Crippen molar-refractivity contribution in [2.45, 2.75) is 182 Å². The number of rotatable bonds is 18. The Labute approximate surface area is 495 Å². The molecule has 8 amide bonds. The van der Waals surface area contributed by atoms with E-state index in [-0.39, 0.29) is 78.7 Å². The molecule has 8 N–H and O–H groups in total. The number of aryl methyl sites for hydroxylation is 2. The lowest BCUT2D eigenvalue weighted by molar-refractivity contribution is -0.147. The van der Waals surface area contributed by atoms with Crippen molar-refractivity contribution in [1.82, 2.24) is 47.0 Å². The molecule has 4 aliphatic rings. The number of nitrogens with zero attached hydrogens (tertiary/aromatic N) is 2. The minimum atomic E-state index is -0.987. The number of hydrogen-bond donors (Lipinski definition) is 8. The first kappa shape index (κ1) is 62.6. The van der Waals surface area contributed by atoms with Crippen LogP contribution < -0.4 is 42.5 Å². The van der Waals surface area contributed by atoms with Crippen molar-refractivity contribution in [2.75, 3.05) is 25.5 Å². The molecule has 0 aromatic heterocycles. The molecule has 2 aliphatic heterocycles. The Balaban J connectivity index is 0.977. The van der Waals surface area contributed by atoms with Gasteiger partial charge in [0.2, 0.25) is 35.4 Å². The molecule has 2 heterocycles. The van der Waals surface area contributed by atoms with Gasteiger partial charge in [-0.25, -0.2) is 0 Å². The number of anilines is 1. The van der Waals surface area contributed by atoms with Gasteiger partial charge in [0, 0.05) is 42.4 Å². The van der Waals surface area contributed by atoms with Gasteiger partial charge in [0.05, 0.1) is 24.2 Å². The number of likely N-dealkylation sites (N-methyl/N-ethyl adjacent to an activating group) is 2. The molecule has 0 bridgehead atoms. The van der Waals surface area contributed by atoms with Crippen LogP contribution in [0, 0.1) is 16.7 Å². The van der Waals surface area contributed by atoms with Crippen LogP contribution in [0.1, 0.15) is 168 Å². The largest absolute Gasteiger partial charge is 0.347 e. The summed E-state index contributed by atoms with van der Waals surface area (Å²) in [5.41, 5.74) is 5.58. The van der Waals surface area contributed by atoms with Gasteiger partial charge in [-0.2, -0.15) is 0 Å². The normalized spacial score (nSPS) is 20.8. The van der Waals surface area contributed by atoms with E-state index in [1.807, 2.05) is 105 Å². The molecule has 18 heteroatoms. The van der Waals surface area contributed by atoms with Crippen LogP contribution in [-0.2, 0) is 54.6 Å². The molecule has 0 spiro atoms. The first-order valence-electron chi connectivity index (χ1n) is 30.1. The number of nitrogens with one attached hydrogen (secondary N) is 8. The number of benzene rings is 4. The highest BCUT2D eigenvalue weighted by Crippen LogP contribution is 2.35. The summed E-state index contributed by atoms with van der Waals surface area (Å²) in [6, 6.07) is 21.8. The van der Waals surface area contributed by atoms with Crippen LogP contribution >= 0.6 is 0 Å². The maximum atomic E-state index is 15.0. The second-order valence-corrected chi connectivity index (χ2v) is 25.8. The Hall–Kier alpha value is -7.44. The van der Waals surface area contributed by atoms with Crippen molar-refractivity contribution in [3.05, 3.63) is 136 Å². The van der Waals surface area contributed by atoms with Crippen molar-refractivity contribution in [2.24, 2.45) is 16.7 Å². The van der Waals surface area contributed by atoms with Crippen molar-refractivity contribution in [1.29, 1.82) is 0 Å². The predicted molar refractivity (Wildman–Crippen MR) is 324 cm³/mol. The van der Waals surface area contributed by atoms with Gasteiger partial charge in [-0.3, -0.25) is 38.4 Å². The Morgan fingerprint density at radius 2 is 1.12 bits per heavy atom. The topological polar surface area (TPSA) is 239 Å². The quantitative estimate of drug-likeness (QED) is 0.0533. The van der Waals surface area contributed by atoms with E-state index in [0.717, 1.165) is 60.8 Å². The van der Waals surface area contributed by atoms with Crippen molar-refractivity contribution >= 4 is 52.9 Å². The molecule has 1 saturated heterocycles. The molecule has 450 valence electrons. The summed E-state index contributed by atoms with van der Waals surface area (Å²) in [6.07, 6.45) is 5.49. The number of likely N-dealkylation sites (tertiary alicyclic amines) is 1. The fourth-order valence-electron chi connectivity index (χ4n) is 12.4. The first-order valence-corrected chi connectivity index (χ1v) is 30.1. The monoisotopic (exact) mass is 1150 g/mol. The number of carbonyl (C=O) groups is 8. The van der Waals surface area contributed by atoms with Crippen LogP contribution in [-0.4, -0.2) is 119 Å². The zero-order chi connectivity index (χ0) is 60.8. The number of hydrogen-bond acceptors (Lipinski definition) is 10. The fourth-order valence-corrected chi connectivity index (χ4v) is 12.4. The summed E-state index contributed by atoms with van der Waals surface area (Å²) in [4.78, 5) is 117. The average molecular weight is 1150 g/mol. The summed E-state index contributed by atoms with van der Waals surface area (Å²) in [7, 11) is 1.70. The molecular weight excluding hydrogens is 1060 g/mol. The van der Waals surface area contributed by atoms with E-state index in [0.29, 0.717) is 12.2 Å². The van der Waals surface area contributed by atoms with Crippen LogP contribution in [0.4, 0.5) is 5.69 Å². The van der Waals surface area contributed by atoms with Crippen LogP contribution in [0.2, 0.25) is 0 Å². The lowest BCUT2D eigenvalue weighted by Crippen LogP contribution is -2.62. The maximum Gasteiger partial charge on any atom is 0.255 e. The van der Waals surface area contributed by atoms with Crippen LogP contribution in [0.5, 0.6) is 0 Å². The van der Waals surface area contributed by atoms with E-state index in [2.05, 4.69) is 54.7 Å². The van der Waals surface area contributed by atoms with Crippen LogP contribution in [0.25, 0.3) is 0 Å². The molecule has 4 unspecified atom stereocenters. The highest BCUT2D eigenvalue weighted by atomic mass is 16.2. The average Bonchev–Trinajstić information content (AvgIpc) is 4.09. The molecule has 8 rings (SSSR count). The highest BCUT2D eigenvalue weighted by molar-refractivity contribution is 6.05. The third kappa shape index (κ3) is 14.5. The van der Waals surface area contributed by atoms with Gasteiger partial charge < -0.3 is 52.3 Å². The molecule has 2 aliphatic carbocycles. The van der Waals surface area contributed by atoms with E-state index in [4.69, 9.17) is 0 Å². The lowest BCUT2D eigenvalue weighted by atomic mass is 9.83. The van der Waals surface area contributed by atoms with Crippen molar-refractivity contribution in [3.63, 3.8) is 0 Å². The minimum absolute atomic E-state index is 0.0201. The molecule has 1 fully saturated rings. The van der Waals surface area contributed by atoms with E-state index >= 15 is 0 Å². The van der Waals surface area contributed by atoms with Gasteiger partial charge in [0.1, 0.15) is 24.2 Å². The minimum Gasteiger partial charge on any atom is -0.347 e. The van der Waals surface area contributed by atoms with E-state index in [1.54, 1.807) is 55.3 Å². The summed E-state index contributed by atoms with van der Waals surface area (Å²) in [5, 5.41) is 24.7. The first-order chi connectivity index (χ1) is 39.9. The molecule has 84 heavy (non-hydrogen) atoms. The van der Waals surface area contributed by atoms with Crippen molar-refractivity contribution < 1.29 is 38.4 Å². The van der Waals surface area contributed by atoms with Gasteiger partial charge in [0.25, 0.3) is 11.8 Å². The van der Waals surface area contributed by atoms with Gasteiger partial charge >= 0.3 is 0 Å². The van der Waals surface area contributed by atoms with Crippen LogP contribution in [0.3, 0.4) is 0 Å².